The second-order valence-corrected chi connectivity index (χ2v) is 6.41. The summed E-state index contributed by atoms with van der Waals surface area (Å²) in [4.78, 5) is 18.8. The van der Waals surface area contributed by atoms with Gasteiger partial charge in [-0.1, -0.05) is 23.7 Å². The maximum Gasteiger partial charge on any atom is 0.259 e. The third-order valence-electron chi connectivity index (χ3n) is 4.10. The van der Waals surface area contributed by atoms with Crippen LogP contribution in [0.3, 0.4) is 0 Å². The van der Waals surface area contributed by atoms with E-state index in [1.54, 1.807) is 11.0 Å². The number of ether oxygens (including phenoxy) is 2. The van der Waals surface area contributed by atoms with E-state index in [0.29, 0.717) is 36.2 Å². The molecule has 1 atom stereocenters. The molecule has 1 aliphatic heterocycles. The van der Waals surface area contributed by atoms with Crippen LogP contribution in [0.15, 0.2) is 36.5 Å². The molecule has 1 fully saturated rings. The number of amides is 1. The molecule has 1 aromatic heterocycles. The van der Waals surface area contributed by atoms with Gasteiger partial charge in [0.15, 0.2) is 0 Å². The van der Waals surface area contributed by atoms with Crippen LogP contribution in [0, 0.1) is 6.92 Å². The molecule has 0 spiro atoms. The summed E-state index contributed by atoms with van der Waals surface area (Å²) in [5, 5.41) is 0.332. The predicted molar refractivity (Wildman–Crippen MR) is 97.6 cm³/mol. The molecule has 1 unspecified atom stereocenters. The van der Waals surface area contributed by atoms with Crippen LogP contribution in [0.4, 0.5) is 5.69 Å². The topological polar surface area (TPSA) is 51.7 Å². The van der Waals surface area contributed by atoms with Crippen LogP contribution in [0.1, 0.15) is 29.3 Å². The molecule has 1 saturated heterocycles. The minimum Gasteiger partial charge on any atom is -0.471 e. The monoisotopic (exact) mass is 360 g/mol. The van der Waals surface area contributed by atoms with E-state index in [1.807, 2.05) is 38.1 Å². The molecule has 1 amide bonds. The fourth-order valence-corrected chi connectivity index (χ4v) is 3.00. The van der Waals surface area contributed by atoms with E-state index in [1.165, 1.54) is 6.20 Å². The number of halogens is 1. The van der Waals surface area contributed by atoms with Gasteiger partial charge in [0, 0.05) is 24.8 Å². The summed E-state index contributed by atoms with van der Waals surface area (Å²) >= 11 is 6.27. The Morgan fingerprint density at radius 1 is 1.44 bits per heavy atom. The molecule has 0 aliphatic carbocycles. The molecule has 2 aromatic rings. The van der Waals surface area contributed by atoms with E-state index in [0.717, 1.165) is 17.7 Å². The van der Waals surface area contributed by atoms with Crippen molar-refractivity contribution in [2.45, 2.75) is 26.4 Å². The zero-order chi connectivity index (χ0) is 17.8. The molecule has 0 N–H and O–H groups in total. The number of carbonyl (C=O) groups excluding carboxylic acids is 1. The Balaban J connectivity index is 1.80. The maximum absolute atomic E-state index is 12.9. The Morgan fingerprint density at radius 2 is 2.28 bits per heavy atom. The highest BCUT2D eigenvalue weighted by atomic mass is 35.5. The fraction of sp³-hybridized carbons (Fsp3) is 0.368. The van der Waals surface area contributed by atoms with Crippen molar-refractivity contribution in [3.8, 4) is 5.88 Å². The highest BCUT2D eigenvalue weighted by Crippen LogP contribution is 2.26. The summed E-state index contributed by atoms with van der Waals surface area (Å²) in [5.74, 6) is 0.200. The van der Waals surface area contributed by atoms with Crippen molar-refractivity contribution < 1.29 is 14.3 Å². The van der Waals surface area contributed by atoms with Gasteiger partial charge in [-0.3, -0.25) is 4.79 Å². The Hall–Kier alpha value is -2.11. The van der Waals surface area contributed by atoms with Crippen LogP contribution in [-0.4, -0.2) is 36.8 Å². The minimum atomic E-state index is -0.141. The van der Waals surface area contributed by atoms with Gasteiger partial charge in [-0.2, -0.15) is 0 Å². The molecule has 2 heterocycles. The van der Waals surface area contributed by atoms with E-state index in [-0.39, 0.29) is 12.0 Å². The molecule has 3 rings (SSSR count). The second-order valence-electron chi connectivity index (χ2n) is 6.00. The highest BCUT2D eigenvalue weighted by Gasteiger charge is 2.21. The van der Waals surface area contributed by atoms with Crippen molar-refractivity contribution in [3.05, 3.63) is 52.7 Å². The Morgan fingerprint density at radius 3 is 2.92 bits per heavy atom. The van der Waals surface area contributed by atoms with Crippen molar-refractivity contribution >= 4 is 23.2 Å². The first-order valence-corrected chi connectivity index (χ1v) is 8.74. The van der Waals surface area contributed by atoms with E-state index in [4.69, 9.17) is 21.1 Å². The molecule has 1 aliphatic rings. The summed E-state index contributed by atoms with van der Waals surface area (Å²) in [6.07, 6.45) is 2.29. The third kappa shape index (κ3) is 4.11. The van der Waals surface area contributed by atoms with Gasteiger partial charge in [0.1, 0.15) is 11.1 Å². The standard InChI is InChI=1S/C19H21ClN2O3/c1-3-22(15-6-4-5-13(2)9-15)19(23)14-10-17(20)18(21-11-14)25-16-7-8-24-12-16/h4-6,9-11,16H,3,7-8,12H2,1-2H3. The van der Waals surface area contributed by atoms with Crippen molar-refractivity contribution in [2.24, 2.45) is 0 Å². The summed E-state index contributed by atoms with van der Waals surface area (Å²) in [6, 6.07) is 9.45. The van der Waals surface area contributed by atoms with Gasteiger partial charge in [0.25, 0.3) is 5.91 Å². The van der Waals surface area contributed by atoms with E-state index in [9.17, 15) is 4.79 Å². The molecule has 6 heteroatoms. The lowest BCUT2D eigenvalue weighted by Crippen LogP contribution is -2.30. The molecular formula is C19H21ClN2O3. The van der Waals surface area contributed by atoms with Gasteiger partial charge in [-0.25, -0.2) is 4.98 Å². The molecule has 25 heavy (non-hydrogen) atoms. The van der Waals surface area contributed by atoms with Gasteiger partial charge in [-0.15, -0.1) is 0 Å². The van der Waals surface area contributed by atoms with E-state index >= 15 is 0 Å². The molecule has 5 nitrogen and oxygen atoms in total. The number of pyridine rings is 1. The largest absolute Gasteiger partial charge is 0.471 e. The number of rotatable bonds is 5. The van der Waals surface area contributed by atoms with Crippen molar-refractivity contribution in [1.82, 2.24) is 4.98 Å². The number of aromatic nitrogens is 1. The van der Waals surface area contributed by atoms with Crippen molar-refractivity contribution in [2.75, 3.05) is 24.7 Å². The van der Waals surface area contributed by atoms with Crippen LogP contribution in [0.2, 0.25) is 5.02 Å². The lowest BCUT2D eigenvalue weighted by atomic mass is 10.2. The smallest absolute Gasteiger partial charge is 0.259 e. The highest BCUT2D eigenvalue weighted by molar-refractivity contribution is 6.32. The summed E-state index contributed by atoms with van der Waals surface area (Å²) in [6.45, 7) is 5.71. The number of nitrogens with zero attached hydrogens (tertiary/aromatic N) is 2. The second kappa shape index (κ2) is 7.85. The van der Waals surface area contributed by atoms with Crippen LogP contribution < -0.4 is 9.64 Å². The number of carbonyl (C=O) groups is 1. The molecule has 1 aromatic carbocycles. The molecule has 132 valence electrons. The fourth-order valence-electron chi connectivity index (χ4n) is 2.79. The van der Waals surface area contributed by atoms with Gasteiger partial charge in [-0.05, 0) is 37.6 Å². The molecule has 0 radical (unpaired) electrons. The van der Waals surface area contributed by atoms with E-state index < -0.39 is 0 Å². The first-order valence-electron chi connectivity index (χ1n) is 8.37. The van der Waals surface area contributed by atoms with Gasteiger partial charge in [0.05, 0.1) is 18.8 Å². The van der Waals surface area contributed by atoms with Gasteiger partial charge < -0.3 is 14.4 Å². The first kappa shape index (κ1) is 17.7. The molecule has 0 saturated carbocycles. The molecular weight excluding hydrogens is 340 g/mol. The normalized spacial score (nSPS) is 16.7. The Kier molecular flexibility index (Phi) is 5.56. The van der Waals surface area contributed by atoms with Gasteiger partial charge >= 0.3 is 0 Å². The number of benzene rings is 1. The van der Waals surface area contributed by atoms with Crippen molar-refractivity contribution in [1.29, 1.82) is 0 Å². The summed E-state index contributed by atoms with van der Waals surface area (Å²) in [5.41, 5.74) is 2.39. The summed E-state index contributed by atoms with van der Waals surface area (Å²) in [7, 11) is 0. The zero-order valence-corrected chi connectivity index (χ0v) is 15.1. The predicted octanol–water partition coefficient (Wildman–Crippen LogP) is 3.88. The molecule has 0 bridgehead atoms. The van der Waals surface area contributed by atoms with E-state index in [2.05, 4.69) is 4.98 Å². The minimum absolute atomic E-state index is 0.0361. The van der Waals surface area contributed by atoms with Gasteiger partial charge in [0.2, 0.25) is 5.88 Å². The van der Waals surface area contributed by atoms with Crippen LogP contribution >= 0.6 is 11.6 Å². The van der Waals surface area contributed by atoms with Crippen LogP contribution in [-0.2, 0) is 4.74 Å². The maximum atomic E-state index is 12.9. The zero-order valence-electron chi connectivity index (χ0n) is 14.4. The summed E-state index contributed by atoms with van der Waals surface area (Å²) < 4.78 is 11.0. The quantitative estimate of drug-likeness (QED) is 0.812. The van der Waals surface area contributed by atoms with Crippen molar-refractivity contribution in [3.63, 3.8) is 0 Å². The van der Waals surface area contributed by atoms with Crippen LogP contribution in [0.25, 0.3) is 0 Å². The lowest BCUT2D eigenvalue weighted by Gasteiger charge is -2.22. The average molecular weight is 361 g/mol. The first-order chi connectivity index (χ1) is 12.1. The third-order valence-corrected chi connectivity index (χ3v) is 4.37. The number of aryl methyl sites for hydroxylation is 1. The Labute approximate surface area is 152 Å². The average Bonchev–Trinajstić information content (AvgIpc) is 3.10. The number of hydrogen-bond acceptors (Lipinski definition) is 4. The Bertz CT molecular complexity index is 760. The number of anilines is 1. The lowest BCUT2D eigenvalue weighted by molar-refractivity contribution is 0.0987. The van der Waals surface area contributed by atoms with Crippen LogP contribution in [0.5, 0.6) is 5.88 Å². The SMILES string of the molecule is CCN(C(=O)c1cnc(OC2CCOC2)c(Cl)c1)c1cccc(C)c1. The number of hydrogen-bond donors (Lipinski definition) is 0.